The first-order valence-electron chi connectivity index (χ1n) is 4.96. The number of para-hydroxylation sites is 1. The van der Waals surface area contributed by atoms with Gasteiger partial charge in [-0.2, -0.15) is 0 Å². The number of hydrogen-bond acceptors (Lipinski definition) is 3. The van der Waals surface area contributed by atoms with Crippen LogP contribution < -0.4 is 0 Å². The van der Waals surface area contributed by atoms with E-state index in [1.165, 1.54) is 0 Å². The van der Waals surface area contributed by atoms with Crippen molar-refractivity contribution in [1.29, 1.82) is 0 Å². The van der Waals surface area contributed by atoms with Crippen LogP contribution >= 0.6 is 11.8 Å². The summed E-state index contributed by atoms with van der Waals surface area (Å²) in [5, 5.41) is 9.66. The fraction of sp³-hybridized carbons (Fsp3) is 0.167. The molecule has 0 saturated heterocycles. The Morgan fingerprint density at radius 2 is 2.12 bits per heavy atom. The first-order valence-corrected chi connectivity index (χ1v) is 5.94. The molecule has 0 fully saturated rings. The molecular formula is C12H11NO2S. The van der Waals surface area contributed by atoms with Gasteiger partial charge in [-0.3, -0.25) is 9.78 Å². The molecule has 0 aliphatic carbocycles. The Hall–Kier alpha value is -1.55. The maximum absolute atomic E-state index is 10.4. The lowest BCUT2D eigenvalue weighted by Crippen LogP contribution is -1.95. The molecule has 1 heterocycles. The van der Waals surface area contributed by atoms with Crippen LogP contribution in [0.2, 0.25) is 0 Å². The summed E-state index contributed by atoms with van der Waals surface area (Å²) < 4.78 is 0. The lowest BCUT2D eigenvalue weighted by Gasteiger charge is -2.04. The van der Waals surface area contributed by atoms with E-state index in [9.17, 15) is 4.79 Å². The number of nitrogens with zero attached hydrogens (tertiary/aromatic N) is 1. The number of fused-ring (bicyclic) bond motifs is 1. The predicted molar refractivity (Wildman–Crippen MR) is 64.7 cm³/mol. The molecule has 1 N–H and O–H groups in total. The molecule has 0 saturated carbocycles. The molecule has 0 amide bonds. The molecule has 1 aromatic heterocycles. The summed E-state index contributed by atoms with van der Waals surface area (Å²) in [5.41, 5.74) is 0.947. The van der Waals surface area contributed by atoms with Gasteiger partial charge in [0.2, 0.25) is 0 Å². The van der Waals surface area contributed by atoms with E-state index < -0.39 is 5.97 Å². The van der Waals surface area contributed by atoms with Crippen molar-refractivity contribution in [1.82, 2.24) is 4.98 Å². The highest BCUT2D eigenvalue weighted by Gasteiger charge is 2.03. The number of hydrogen-bond donors (Lipinski definition) is 1. The van der Waals surface area contributed by atoms with Gasteiger partial charge in [0, 0.05) is 22.2 Å². The van der Waals surface area contributed by atoms with Gasteiger partial charge in [0.1, 0.15) is 0 Å². The molecule has 3 nitrogen and oxygen atoms in total. The normalized spacial score (nSPS) is 10.5. The van der Waals surface area contributed by atoms with Crippen LogP contribution in [0.25, 0.3) is 10.9 Å². The first-order chi connectivity index (χ1) is 7.77. The second kappa shape index (κ2) is 4.99. The Balaban J connectivity index is 2.20. The lowest BCUT2D eigenvalue weighted by atomic mass is 10.2. The maximum Gasteiger partial charge on any atom is 0.304 e. The lowest BCUT2D eigenvalue weighted by molar-refractivity contribution is -0.136. The summed E-state index contributed by atoms with van der Waals surface area (Å²) in [7, 11) is 0. The van der Waals surface area contributed by atoms with E-state index in [1.807, 2.05) is 30.3 Å². The monoisotopic (exact) mass is 233 g/mol. The zero-order valence-corrected chi connectivity index (χ0v) is 9.41. The molecule has 0 aliphatic rings. The van der Waals surface area contributed by atoms with Crippen LogP contribution in [0, 0.1) is 0 Å². The molecule has 2 aromatic rings. The van der Waals surface area contributed by atoms with Gasteiger partial charge in [-0.15, -0.1) is 11.8 Å². The van der Waals surface area contributed by atoms with Gasteiger partial charge in [-0.1, -0.05) is 18.2 Å². The minimum atomic E-state index is -0.758. The first kappa shape index (κ1) is 11.0. The van der Waals surface area contributed by atoms with Gasteiger partial charge >= 0.3 is 5.97 Å². The smallest absolute Gasteiger partial charge is 0.304 e. The third kappa shape index (κ3) is 2.52. The molecule has 0 atom stereocenters. The van der Waals surface area contributed by atoms with Crippen LogP contribution in [0.4, 0.5) is 0 Å². The zero-order valence-electron chi connectivity index (χ0n) is 8.59. The van der Waals surface area contributed by atoms with Gasteiger partial charge < -0.3 is 5.11 Å². The molecule has 0 radical (unpaired) electrons. The highest BCUT2D eigenvalue weighted by atomic mass is 32.2. The van der Waals surface area contributed by atoms with E-state index in [4.69, 9.17) is 5.11 Å². The molecule has 2 rings (SSSR count). The number of rotatable bonds is 4. The van der Waals surface area contributed by atoms with E-state index in [0.717, 1.165) is 15.8 Å². The highest BCUT2D eigenvalue weighted by molar-refractivity contribution is 7.99. The van der Waals surface area contributed by atoms with Crippen molar-refractivity contribution in [3.8, 4) is 0 Å². The van der Waals surface area contributed by atoms with E-state index >= 15 is 0 Å². The topological polar surface area (TPSA) is 50.2 Å². The van der Waals surface area contributed by atoms with Crippen molar-refractivity contribution < 1.29 is 9.90 Å². The van der Waals surface area contributed by atoms with Crippen molar-refractivity contribution in [2.75, 3.05) is 5.75 Å². The standard InChI is InChI=1S/C12H11NO2S/c14-12(15)6-8-16-11-5-7-13-10-4-2-1-3-9(10)11/h1-5,7H,6,8H2,(H,14,15). The van der Waals surface area contributed by atoms with Crippen LogP contribution in [-0.2, 0) is 4.79 Å². The fourth-order valence-electron chi connectivity index (χ4n) is 1.44. The van der Waals surface area contributed by atoms with Crippen molar-refractivity contribution >= 4 is 28.6 Å². The SMILES string of the molecule is O=C(O)CCSc1ccnc2ccccc12. The summed E-state index contributed by atoms with van der Waals surface area (Å²) in [6, 6.07) is 9.79. The number of aliphatic carboxylic acids is 1. The van der Waals surface area contributed by atoms with Crippen LogP contribution in [0.1, 0.15) is 6.42 Å². The molecule has 0 bridgehead atoms. The number of carboxylic acids is 1. The van der Waals surface area contributed by atoms with Crippen molar-refractivity contribution in [2.24, 2.45) is 0 Å². The summed E-state index contributed by atoms with van der Waals surface area (Å²) >= 11 is 1.56. The summed E-state index contributed by atoms with van der Waals surface area (Å²) in [6.45, 7) is 0. The van der Waals surface area contributed by atoms with Crippen molar-refractivity contribution in [2.45, 2.75) is 11.3 Å². The average Bonchev–Trinajstić information content (AvgIpc) is 2.29. The molecule has 0 spiro atoms. The van der Waals surface area contributed by atoms with Gasteiger partial charge in [0.25, 0.3) is 0 Å². The molecule has 1 aromatic carbocycles. The summed E-state index contributed by atoms with van der Waals surface area (Å²) in [4.78, 5) is 15.8. The largest absolute Gasteiger partial charge is 0.481 e. The number of benzene rings is 1. The Bertz CT molecular complexity index is 508. The summed E-state index contributed by atoms with van der Waals surface area (Å²) in [6.07, 6.45) is 1.94. The zero-order chi connectivity index (χ0) is 11.4. The van der Waals surface area contributed by atoms with Gasteiger partial charge in [0.05, 0.1) is 11.9 Å². The van der Waals surface area contributed by atoms with E-state index in [2.05, 4.69) is 4.98 Å². The minimum Gasteiger partial charge on any atom is -0.481 e. The van der Waals surface area contributed by atoms with Crippen molar-refractivity contribution in [3.05, 3.63) is 36.5 Å². The maximum atomic E-state index is 10.4. The third-order valence-electron chi connectivity index (χ3n) is 2.18. The number of pyridine rings is 1. The molecule has 4 heteroatoms. The van der Waals surface area contributed by atoms with Crippen LogP contribution in [0.3, 0.4) is 0 Å². The van der Waals surface area contributed by atoms with Gasteiger partial charge in [-0.05, 0) is 12.1 Å². The average molecular weight is 233 g/mol. The number of thioether (sulfide) groups is 1. The predicted octanol–water partition coefficient (Wildman–Crippen LogP) is 2.80. The Kier molecular flexibility index (Phi) is 3.41. The number of aromatic nitrogens is 1. The van der Waals surface area contributed by atoms with Crippen LogP contribution in [0.5, 0.6) is 0 Å². The molecule has 0 unspecified atom stereocenters. The van der Waals surface area contributed by atoms with Gasteiger partial charge in [0.15, 0.2) is 0 Å². The highest BCUT2D eigenvalue weighted by Crippen LogP contribution is 2.26. The van der Waals surface area contributed by atoms with E-state index in [1.54, 1.807) is 18.0 Å². The van der Waals surface area contributed by atoms with Crippen LogP contribution in [-0.4, -0.2) is 21.8 Å². The van der Waals surface area contributed by atoms with Crippen LogP contribution in [0.15, 0.2) is 41.4 Å². The fourth-order valence-corrected chi connectivity index (χ4v) is 2.43. The Morgan fingerprint density at radius 1 is 1.31 bits per heavy atom. The number of carbonyl (C=O) groups is 1. The number of carboxylic acid groups (broad SMARTS) is 1. The molecule has 0 aliphatic heterocycles. The van der Waals surface area contributed by atoms with Crippen molar-refractivity contribution in [3.63, 3.8) is 0 Å². The van der Waals surface area contributed by atoms with E-state index in [-0.39, 0.29) is 6.42 Å². The second-order valence-corrected chi connectivity index (χ2v) is 4.46. The Morgan fingerprint density at radius 3 is 2.94 bits per heavy atom. The molecule has 82 valence electrons. The quantitative estimate of drug-likeness (QED) is 0.825. The third-order valence-corrected chi connectivity index (χ3v) is 3.26. The Labute approximate surface area is 97.5 Å². The molecule has 16 heavy (non-hydrogen) atoms. The van der Waals surface area contributed by atoms with Gasteiger partial charge in [-0.25, -0.2) is 0 Å². The molecular weight excluding hydrogens is 222 g/mol. The minimum absolute atomic E-state index is 0.182. The second-order valence-electron chi connectivity index (χ2n) is 3.32. The van der Waals surface area contributed by atoms with E-state index in [0.29, 0.717) is 5.75 Å². The summed E-state index contributed by atoms with van der Waals surface area (Å²) in [5.74, 6) is -0.172.